The van der Waals surface area contributed by atoms with Crippen molar-refractivity contribution in [2.45, 2.75) is 19.4 Å². The Kier molecular flexibility index (Phi) is 5.93. The minimum Gasteiger partial charge on any atom is -0.378 e. The molecule has 1 saturated heterocycles. The number of anilines is 1. The highest BCUT2D eigenvalue weighted by molar-refractivity contribution is 7.12. The number of thiophene rings is 1. The summed E-state index contributed by atoms with van der Waals surface area (Å²) in [5.41, 5.74) is 2.21. The van der Waals surface area contributed by atoms with Crippen molar-refractivity contribution < 1.29 is 9.59 Å². The molecule has 1 aromatic heterocycles. The number of carbonyl (C=O) groups is 2. The van der Waals surface area contributed by atoms with E-state index >= 15 is 0 Å². The van der Waals surface area contributed by atoms with E-state index in [0.717, 1.165) is 35.5 Å². The van der Waals surface area contributed by atoms with Gasteiger partial charge < -0.3 is 15.1 Å². The van der Waals surface area contributed by atoms with Crippen LogP contribution < -0.4 is 10.2 Å². The molecular formula is C20H25N3O2S. The molecule has 3 rings (SSSR count). The van der Waals surface area contributed by atoms with Gasteiger partial charge in [0.2, 0.25) is 5.91 Å². The number of amides is 2. The number of piperidine rings is 1. The normalized spacial score (nSPS) is 17.0. The van der Waals surface area contributed by atoms with Gasteiger partial charge in [0, 0.05) is 39.4 Å². The molecule has 0 aliphatic carbocycles. The largest absolute Gasteiger partial charge is 0.378 e. The molecule has 1 atom stereocenters. The van der Waals surface area contributed by atoms with Crippen molar-refractivity contribution >= 4 is 28.8 Å². The maximum atomic E-state index is 12.5. The fraction of sp³-hybridized carbons (Fsp3) is 0.400. The summed E-state index contributed by atoms with van der Waals surface area (Å²) in [7, 11) is 4.01. The molecule has 5 nitrogen and oxygen atoms in total. The molecule has 1 N–H and O–H groups in total. The average molecular weight is 372 g/mol. The fourth-order valence-electron chi connectivity index (χ4n) is 3.18. The molecule has 1 aromatic carbocycles. The SMILES string of the molecule is CN(C)c1ccc(CNC(=O)C2CCCN(C(=O)c3cccs3)C2)cc1. The van der Waals surface area contributed by atoms with Crippen LogP contribution in [0.1, 0.15) is 28.1 Å². The van der Waals surface area contributed by atoms with Gasteiger partial charge in [0.15, 0.2) is 0 Å². The Balaban J connectivity index is 1.53. The van der Waals surface area contributed by atoms with Gasteiger partial charge in [0.25, 0.3) is 5.91 Å². The number of nitrogens with one attached hydrogen (secondary N) is 1. The highest BCUT2D eigenvalue weighted by atomic mass is 32.1. The topological polar surface area (TPSA) is 52.7 Å². The molecule has 138 valence electrons. The van der Waals surface area contributed by atoms with Gasteiger partial charge in [-0.25, -0.2) is 0 Å². The Hall–Kier alpha value is -2.34. The van der Waals surface area contributed by atoms with Crippen LogP contribution in [-0.2, 0) is 11.3 Å². The summed E-state index contributed by atoms with van der Waals surface area (Å²) in [4.78, 5) is 29.6. The van der Waals surface area contributed by atoms with E-state index in [1.165, 1.54) is 11.3 Å². The van der Waals surface area contributed by atoms with Crippen molar-refractivity contribution in [2.75, 3.05) is 32.1 Å². The van der Waals surface area contributed by atoms with Crippen molar-refractivity contribution in [3.63, 3.8) is 0 Å². The fourth-order valence-corrected chi connectivity index (χ4v) is 3.87. The number of likely N-dealkylation sites (tertiary alicyclic amines) is 1. The van der Waals surface area contributed by atoms with Gasteiger partial charge in [0.05, 0.1) is 10.8 Å². The lowest BCUT2D eigenvalue weighted by Gasteiger charge is -2.31. The average Bonchev–Trinajstić information content (AvgIpc) is 3.20. The van der Waals surface area contributed by atoms with E-state index in [-0.39, 0.29) is 17.7 Å². The molecule has 2 heterocycles. The van der Waals surface area contributed by atoms with E-state index in [2.05, 4.69) is 5.32 Å². The van der Waals surface area contributed by atoms with Gasteiger partial charge in [0.1, 0.15) is 0 Å². The van der Waals surface area contributed by atoms with Gasteiger partial charge in [-0.05, 0) is 42.0 Å². The lowest BCUT2D eigenvalue weighted by atomic mass is 9.97. The zero-order chi connectivity index (χ0) is 18.5. The maximum absolute atomic E-state index is 12.5. The highest BCUT2D eigenvalue weighted by Crippen LogP contribution is 2.21. The van der Waals surface area contributed by atoms with Crippen LogP contribution in [0.15, 0.2) is 41.8 Å². The second kappa shape index (κ2) is 8.36. The van der Waals surface area contributed by atoms with Gasteiger partial charge in [-0.3, -0.25) is 9.59 Å². The molecule has 1 aliphatic heterocycles. The number of rotatable bonds is 5. The van der Waals surface area contributed by atoms with Crippen LogP contribution in [0.5, 0.6) is 0 Å². The number of nitrogens with zero attached hydrogens (tertiary/aromatic N) is 2. The molecule has 0 bridgehead atoms. The molecule has 2 aromatic rings. The van der Waals surface area contributed by atoms with E-state index in [4.69, 9.17) is 0 Å². The van der Waals surface area contributed by atoms with Crippen LogP contribution in [0.4, 0.5) is 5.69 Å². The van der Waals surface area contributed by atoms with E-state index in [9.17, 15) is 9.59 Å². The predicted octanol–water partition coefficient (Wildman–Crippen LogP) is 2.98. The van der Waals surface area contributed by atoms with Gasteiger partial charge >= 0.3 is 0 Å². The first-order chi connectivity index (χ1) is 12.5. The number of carbonyl (C=O) groups excluding carboxylic acids is 2. The minimum atomic E-state index is -0.131. The summed E-state index contributed by atoms with van der Waals surface area (Å²) < 4.78 is 0. The van der Waals surface area contributed by atoms with Crippen molar-refractivity contribution in [1.82, 2.24) is 10.2 Å². The third-order valence-corrected chi connectivity index (χ3v) is 5.59. The Morgan fingerprint density at radius 3 is 2.65 bits per heavy atom. The lowest BCUT2D eigenvalue weighted by molar-refractivity contribution is -0.126. The van der Waals surface area contributed by atoms with Crippen molar-refractivity contribution in [3.05, 3.63) is 52.2 Å². The number of benzene rings is 1. The number of hydrogen-bond acceptors (Lipinski definition) is 4. The zero-order valence-corrected chi connectivity index (χ0v) is 16.1. The molecule has 0 radical (unpaired) electrons. The third-order valence-electron chi connectivity index (χ3n) is 4.73. The molecular weight excluding hydrogens is 346 g/mol. The Morgan fingerprint density at radius 2 is 2.00 bits per heavy atom. The van der Waals surface area contributed by atoms with Crippen LogP contribution in [0, 0.1) is 5.92 Å². The summed E-state index contributed by atoms with van der Waals surface area (Å²) in [6.07, 6.45) is 1.70. The van der Waals surface area contributed by atoms with Crippen LogP contribution in [0.2, 0.25) is 0 Å². The van der Waals surface area contributed by atoms with E-state index in [0.29, 0.717) is 13.1 Å². The van der Waals surface area contributed by atoms with Gasteiger partial charge in [-0.1, -0.05) is 18.2 Å². The molecule has 1 unspecified atom stereocenters. The smallest absolute Gasteiger partial charge is 0.263 e. The second-order valence-corrected chi connectivity index (χ2v) is 7.79. The first-order valence-electron chi connectivity index (χ1n) is 8.91. The van der Waals surface area contributed by atoms with E-state index in [1.807, 2.05) is 65.7 Å². The monoisotopic (exact) mass is 371 g/mol. The molecule has 26 heavy (non-hydrogen) atoms. The van der Waals surface area contributed by atoms with Crippen molar-refractivity contribution in [3.8, 4) is 0 Å². The summed E-state index contributed by atoms with van der Waals surface area (Å²) in [5, 5.41) is 4.93. The Bertz CT molecular complexity index is 741. The van der Waals surface area contributed by atoms with Crippen LogP contribution in [-0.4, -0.2) is 43.9 Å². The number of hydrogen-bond donors (Lipinski definition) is 1. The van der Waals surface area contributed by atoms with Gasteiger partial charge in [-0.15, -0.1) is 11.3 Å². The van der Waals surface area contributed by atoms with Crippen LogP contribution >= 0.6 is 11.3 Å². The quantitative estimate of drug-likeness (QED) is 0.879. The molecule has 1 aliphatic rings. The van der Waals surface area contributed by atoms with Crippen molar-refractivity contribution in [1.29, 1.82) is 0 Å². The summed E-state index contributed by atoms with van der Waals surface area (Å²) in [5.74, 6) is -0.0594. The predicted molar refractivity (Wildman–Crippen MR) is 106 cm³/mol. The lowest BCUT2D eigenvalue weighted by Crippen LogP contribution is -2.45. The molecule has 6 heteroatoms. The van der Waals surface area contributed by atoms with Gasteiger partial charge in [-0.2, -0.15) is 0 Å². The van der Waals surface area contributed by atoms with Crippen LogP contribution in [0.3, 0.4) is 0 Å². The summed E-state index contributed by atoms with van der Waals surface area (Å²) in [6.45, 7) is 1.75. The second-order valence-electron chi connectivity index (χ2n) is 6.85. The highest BCUT2D eigenvalue weighted by Gasteiger charge is 2.29. The minimum absolute atomic E-state index is 0.0327. The Labute approximate surface area is 158 Å². The van der Waals surface area contributed by atoms with Crippen LogP contribution in [0.25, 0.3) is 0 Å². The maximum Gasteiger partial charge on any atom is 0.263 e. The molecule has 0 spiro atoms. The summed E-state index contributed by atoms with van der Waals surface area (Å²) >= 11 is 1.45. The standard InChI is InChI=1S/C20H25N3O2S/c1-22(2)17-9-7-15(8-10-17)13-21-19(24)16-5-3-11-23(14-16)20(25)18-6-4-12-26-18/h4,6-10,12,16H,3,5,11,13-14H2,1-2H3,(H,21,24). The first kappa shape index (κ1) is 18.5. The third kappa shape index (κ3) is 4.43. The van der Waals surface area contributed by atoms with E-state index in [1.54, 1.807) is 0 Å². The molecule has 1 fully saturated rings. The summed E-state index contributed by atoms with van der Waals surface area (Å²) in [6, 6.07) is 11.9. The first-order valence-corrected chi connectivity index (χ1v) is 9.79. The zero-order valence-electron chi connectivity index (χ0n) is 15.3. The van der Waals surface area contributed by atoms with E-state index < -0.39 is 0 Å². The molecule has 0 saturated carbocycles. The molecule has 2 amide bonds. The Morgan fingerprint density at radius 1 is 1.23 bits per heavy atom. The van der Waals surface area contributed by atoms with Crippen molar-refractivity contribution in [2.24, 2.45) is 5.92 Å².